The summed E-state index contributed by atoms with van der Waals surface area (Å²) in [5.74, 6) is 0. The van der Waals surface area contributed by atoms with Crippen molar-refractivity contribution >= 4 is 11.6 Å². The topological polar surface area (TPSA) is 50.8 Å². The fraction of sp³-hybridized carbons (Fsp3) is 0.600. The van der Waals surface area contributed by atoms with Crippen LogP contribution >= 0.6 is 11.6 Å². The second-order valence-electron chi connectivity index (χ2n) is 1.82. The van der Waals surface area contributed by atoms with Gasteiger partial charge in [0.1, 0.15) is 11.1 Å². The zero-order chi connectivity index (χ0) is 7.40. The molecule has 0 aliphatic carbocycles. The number of nitrogens with one attached hydrogen (secondary N) is 1. The van der Waals surface area contributed by atoms with Crippen LogP contribution < -0.4 is 0 Å². The fourth-order valence-corrected chi connectivity index (χ4v) is 0.824. The molecule has 0 saturated heterocycles. The van der Waals surface area contributed by atoms with Gasteiger partial charge in [-0.2, -0.15) is 15.4 Å². The maximum atomic E-state index is 5.80. The van der Waals surface area contributed by atoms with Gasteiger partial charge in [0, 0.05) is 7.11 Å². The lowest BCUT2D eigenvalue weighted by molar-refractivity contribution is 0.197. The first-order valence-corrected chi connectivity index (χ1v) is 3.27. The van der Waals surface area contributed by atoms with Gasteiger partial charge in [0.2, 0.25) is 0 Å². The zero-order valence-corrected chi connectivity index (χ0v) is 6.30. The standard InChI is InChI=1S/C5H8ClN3O/c1-10-3-4(6)5-2-7-9-8-5/h2,4H,3H2,1H3,(H,7,8,9). The molecule has 0 fully saturated rings. The molecule has 1 rings (SSSR count). The number of ether oxygens (including phenoxy) is 1. The highest BCUT2D eigenvalue weighted by Gasteiger charge is 2.08. The average Bonchev–Trinajstić information content (AvgIpc) is 2.38. The van der Waals surface area contributed by atoms with E-state index in [1.807, 2.05) is 0 Å². The van der Waals surface area contributed by atoms with Crippen molar-refractivity contribution in [3.8, 4) is 0 Å². The summed E-state index contributed by atoms with van der Waals surface area (Å²) in [5, 5.41) is 9.66. The van der Waals surface area contributed by atoms with Gasteiger partial charge in [-0.15, -0.1) is 11.6 Å². The normalized spacial score (nSPS) is 13.4. The molecule has 1 aromatic heterocycles. The van der Waals surface area contributed by atoms with Gasteiger partial charge in [0.05, 0.1) is 12.8 Å². The van der Waals surface area contributed by atoms with Crippen molar-refractivity contribution in [2.75, 3.05) is 13.7 Å². The summed E-state index contributed by atoms with van der Waals surface area (Å²) in [5.41, 5.74) is 0.712. The molecule has 1 N–H and O–H groups in total. The molecule has 0 saturated carbocycles. The molecule has 1 aromatic rings. The van der Waals surface area contributed by atoms with Crippen molar-refractivity contribution in [2.24, 2.45) is 0 Å². The molecule has 10 heavy (non-hydrogen) atoms. The summed E-state index contributed by atoms with van der Waals surface area (Å²) in [6, 6.07) is 0. The van der Waals surface area contributed by atoms with Crippen molar-refractivity contribution < 1.29 is 4.74 Å². The van der Waals surface area contributed by atoms with Crippen molar-refractivity contribution in [3.63, 3.8) is 0 Å². The fourth-order valence-electron chi connectivity index (χ4n) is 0.593. The highest BCUT2D eigenvalue weighted by molar-refractivity contribution is 6.20. The SMILES string of the molecule is COCC(Cl)c1cn[nH]n1. The average molecular weight is 162 g/mol. The Morgan fingerprint density at radius 2 is 2.70 bits per heavy atom. The number of rotatable bonds is 3. The Bertz CT molecular complexity index is 177. The van der Waals surface area contributed by atoms with Gasteiger partial charge in [-0.1, -0.05) is 0 Å². The molecule has 0 aromatic carbocycles. The van der Waals surface area contributed by atoms with Crippen molar-refractivity contribution in [3.05, 3.63) is 11.9 Å². The number of alkyl halides is 1. The van der Waals surface area contributed by atoms with Gasteiger partial charge >= 0.3 is 0 Å². The third-order valence-electron chi connectivity index (χ3n) is 1.07. The quantitative estimate of drug-likeness (QED) is 0.665. The predicted octanol–water partition coefficient (Wildman–Crippen LogP) is 0.731. The van der Waals surface area contributed by atoms with E-state index in [2.05, 4.69) is 15.4 Å². The molecule has 0 amide bonds. The highest BCUT2D eigenvalue weighted by atomic mass is 35.5. The molecule has 56 valence electrons. The second-order valence-corrected chi connectivity index (χ2v) is 2.34. The summed E-state index contributed by atoms with van der Waals surface area (Å²) in [4.78, 5) is 0. The molecule has 0 aliphatic rings. The van der Waals surface area contributed by atoms with Crippen LogP contribution in [0.2, 0.25) is 0 Å². The first kappa shape index (κ1) is 7.50. The molecule has 0 bridgehead atoms. The Hall–Kier alpha value is -0.610. The largest absolute Gasteiger partial charge is 0.383 e. The molecule has 5 heteroatoms. The van der Waals surface area contributed by atoms with Gasteiger partial charge in [-0.05, 0) is 0 Å². The van der Waals surface area contributed by atoms with E-state index in [1.54, 1.807) is 13.3 Å². The van der Waals surface area contributed by atoms with Gasteiger partial charge in [-0.25, -0.2) is 0 Å². The van der Waals surface area contributed by atoms with Crippen LogP contribution in [0.25, 0.3) is 0 Å². The van der Waals surface area contributed by atoms with Gasteiger partial charge in [-0.3, -0.25) is 0 Å². The molecule has 4 nitrogen and oxygen atoms in total. The van der Waals surface area contributed by atoms with E-state index in [-0.39, 0.29) is 5.38 Å². The van der Waals surface area contributed by atoms with Crippen LogP contribution in [0, 0.1) is 0 Å². The predicted molar refractivity (Wildman–Crippen MR) is 36.9 cm³/mol. The lowest BCUT2D eigenvalue weighted by atomic mass is 10.3. The lowest BCUT2D eigenvalue weighted by Gasteiger charge is -2.01. The number of H-pyrrole nitrogens is 1. The molecular formula is C5H8ClN3O. The number of nitrogens with zero attached hydrogens (tertiary/aromatic N) is 2. The molecule has 0 aliphatic heterocycles. The molecule has 1 unspecified atom stereocenters. The summed E-state index contributed by atoms with van der Waals surface area (Å²) in [6.45, 7) is 0.452. The number of aromatic nitrogens is 3. The van der Waals surface area contributed by atoms with Gasteiger partial charge < -0.3 is 4.74 Å². The number of hydrogen-bond acceptors (Lipinski definition) is 3. The number of halogens is 1. The van der Waals surface area contributed by atoms with E-state index in [4.69, 9.17) is 16.3 Å². The van der Waals surface area contributed by atoms with Crippen LogP contribution in [0.3, 0.4) is 0 Å². The zero-order valence-electron chi connectivity index (χ0n) is 5.54. The molecule has 0 radical (unpaired) electrons. The monoisotopic (exact) mass is 161 g/mol. The molecule has 0 spiro atoms. The summed E-state index contributed by atoms with van der Waals surface area (Å²) in [7, 11) is 1.59. The van der Waals surface area contributed by atoms with Crippen LogP contribution in [0.15, 0.2) is 6.20 Å². The number of aromatic amines is 1. The Morgan fingerprint density at radius 1 is 1.90 bits per heavy atom. The summed E-state index contributed by atoms with van der Waals surface area (Å²) in [6.07, 6.45) is 1.58. The van der Waals surface area contributed by atoms with Crippen molar-refractivity contribution in [1.29, 1.82) is 0 Å². The summed E-state index contributed by atoms with van der Waals surface area (Å²) < 4.78 is 4.81. The minimum absolute atomic E-state index is 0.205. The first-order chi connectivity index (χ1) is 4.84. The van der Waals surface area contributed by atoms with Crippen molar-refractivity contribution in [2.45, 2.75) is 5.38 Å². The van der Waals surface area contributed by atoms with Crippen LogP contribution in [0.5, 0.6) is 0 Å². The second kappa shape index (κ2) is 3.53. The minimum atomic E-state index is -0.205. The molecular weight excluding hydrogens is 154 g/mol. The Balaban J connectivity index is 2.50. The number of hydrogen-bond donors (Lipinski definition) is 1. The smallest absolute Gasteiger partial charge is 0.103 e. The van der Waals surface area contributed by atoms with E-state index in [1.165, 1.54) is 0 Å². The van der Waals surface area contributed by atoms with Crippen LogP contribution in [-0.2, 0) is 4.74 Å². The minimum Gasteiger partial charge on any atom is -0.383 e. The van der Waals surface area contributed by atoms with Gasteiger partial charge in [0.15, 0.2) is 0 Å². The Labute approximate surface area is 63.5 Å². The van der Waals surface area contributed by atoms with E-state index in [0.29, 0.717) is 12.3 Å². The first-order valence-electron chi connectivity index (χ1n) is 2.83. The Kier molecular flexibility index (Phi) is 2.65. The van der Waals surface area contributed by atoms with Crippen LogP contribution in [0.1, 0.15) is 11.1 Å². The maximum Gasteiger partial charge on any atom is 0.103 e. The van der Waals surface area contributed by atoms with Crippen molar-refractivity contribution in [1.82, 2.24) is 15.4 Å². The van der Waals surface area contributed by atoms with E-state index in [0.717, 1.165) is 0 Å². The highest BCUT2D eigenvalue weighted by Crippen LogP contribution is 2.15. The lowest BCUT2D eigenvalue weighted by Crippen LogP contribution is -1.99. The van der Waals surface area contributed by atoms with Crippen LogP contribution in [0.4, 0.5) is 0 Å². The third-order valence-corrected chi connectivity index (χ3v) is 1.42. The Morgan fingerprint density at radius 3 is 3.20 bits per heavy atom. The molecule has 1 atom stereocenters. The summed E-state index contributed by atoms with van der Waals surface area (Å²) >= 11 is 5.80. The van der Waals surface area contributed by atoms with E-state index >= 15 is 0 Å². The van der Waals surface area contributed by atoms with Crippen LogP contribution in [-0.4, -0.2) is 29.1 Å². The van der Waals surface area contributed by atoms with Gasteiger partial charge in [0.25, 0.3) is 0 Å². The third kappa shape index (κ3) is 1.68. The number of methoxy groups -OCH3 is 1. The van der Waals surface area contributed by atoms with E-state index < -0.39 is 0 Å². The maximum absolute atomic E-state index is 5.80. The van der Waals surface area contributed by atoms with E-state index in [9.17, 15) is 0 Å². The molecule has 1 heterocycles.